The molecule has 0 fully saturated rings. The first-order valence-electron chi connectivity index (χ1n) is 12.7. The molecule has 5 rings (SSSR count). The molecule has 2 aromatic heterocycles. The fourth-order valence-corrected chi connectivity index (χ4v) is 5.15. The van der Waals surface area contributed by atoms with Crippen LogP contribution in [-0.4, -0.2) is 47.1 Å². The van der Waals surface area contributed by atoms with Crippen molar-refractivity contribution in [3.05, 3.63) is 95.9 Å². The minimum atomic E-state index is -3.11. The average Bonchev–Trinajstić information content (AvgIpc) is 3.22. The molecule has 2 N–H and O–H groups in total. The summed E-state index contributed by atoms with van der Waals surface area (Å²) in [5.41, 5.74) is 4.33. The number of nitrogens with zero attached hydrogens (tertiary/aromatic N) is 5. The van der Waals surface area contributed by atoms with Gasteiger partial charge in [0, 0.05) is 37.9 Å². The molecule has 2 heterocycles. The molecule has 0 aliphatic heterocycles. The fraction of sp³-hybridized carbons (Fsp3) is 0.172. The number of nitrogens with one attached hydrogen (secondary N) is 2. The second-order valence-corrected chi connectivity index (χ2v) is 11.9. The molecule has 10 nitrogen and oxygen atoms in total. The van der Waals surface area contributed by atoms with Crippen molar-refractivity contribution in [2.75, 3.05) is 28.8 Å². The predicted molar refractivity (Wildman–Crippen MR) is 158 cm³/mol. The number of aromatic nitrogens is 4. The lowest BCUT2D eigenvalue weighted by molar-refractivity contribution is -0.115. The lowest BCUT2D eigenvalue weighted by atomic mass is 10.1. The van der Waals surface area contributed by atoms with Crippen LogP contribution in [0.25, 0.3) is 11.0 Å². The summed E-state index contributed by atoms with van der Waals surface area (Å²) in [5, 5.41) is 5.96. The van der Waals surface area contributed by atoms with Gasteiger partial charge in [0.1, 0.15) is 11.6 Å². The van der Waals surface area contributed by atoms with Crippen molar-refractivity contribution in [3.8, 4) is 0 Å². The Balaban J connectivity index is 1.30. The Labute approximate surface area is 236 Å². The summed E-state index contributed by atoms with van der Waals surface area (Å²) in [4.78, 5) is 28.0. The summed E-state index contributed by atoms with van der Waals surface area (Å²) >= 11 is 0. The smallest absolute Gasteiger partial charge is 0.231 e. The van der Waals surface area contributed by atoms with E-state index < -0.39 is 9.84 Å². The Bertz CT molecular complexity index is 1840. The van der Waals surface area contributed by atoms with E-state index in [-0.39, 0.29) is 23.9 Å². The zero-order valence-electron chi connectivity index (χ0n) is 22.7. The fourth-order valence-electron chi connectivity index (χ4n) is 4.35. The van der Waals surface area contributed by atoms with E-state index in [2.05, 4.69) is 25.6 Å². The molecule has 0 atom stereocenters. The van der Waals surface area contributed by atoms with Crippen LogP contribution >= 0.6 is 0 Å². The number of hydrogen-bond donors (Lipinski definition) is 2. The van der Waals surface area contributed by atoms with E-state index in [9.17, 15) is 17.6 Å². The Morgan fingerprint density at radius 1 is 1.00 bits per heavy atom. The van der Waals surface area contributed by atoms with Gasteiger partial charge in [0.2, 0.25) is 17.8 Å². The van der Waals surface area contributed by atoms with E-state index in [0.717, 1.165) is 16.9 Å². The highest BCUT2D eigenvalue weighted by molar-refractivity contribution is 7.89. The molecule has 0 aliphatic carbocycles. The minimum absolute atomic E-state index is 0.0204. The van der Waals surface area contributed by atoms with E-state index in [1.165, 1.54) is 18.4 Å². The molecule has 0 radical (unpaired) electrons. The lowest BCUT2D eigenvalue weighted by Gasteiger charge is -2.19. The van der Waals surface area contributed by atoms with Crippen LogP contribution in [0.2, 0.25) is 0 Å². The summed E-state index contributed by atoms with van der Waals surface area (Å²) in [6.07, 6.45) is 2.88. The Kier molecular flexibility index (Phi) is 7.66. The Hall–Kier alpha value is -4.84. The van der Waals surface area contributed by atoms with Crippen molar-refractivity contribution in [2.24, 2.45) is 7.05 Å². The molecular weight excluding hydrogens is 545 g/mol. The number of imidazole rings is 1. The minimum Gasteiger partial charge on any atom is -0.329 e. The standard InChI is InChI=1S/C29H28FN7O3S/c1-36(26-13-14-31-28(34-26)32-22-9-7-19(8-10-22)18-41(3,39)40)23-11-12-25-24(17-23)33-29(37(25)2)35-27(38)16-20-5-4-6-21(30)15-20/h4-15,17H,16,18H2,1-3H3,(H,31,32,34)(H,33,35,38). The van der Waals surface area contributed by atoms with E-state index in [1.54, 1.807) is 53.2 Å². The molecule has 0 saturated carbocycles. The molecular formula is C29H28FN7O3S. The van der Waals surface area contributed by atoms with Crippen molar-refractivity contribution in [3.63, 3.8) is 0 Å². The highest BCUT2D eigenvalue weighted by Crippen LogP contribution is 2.28. The second kappa shape index (κ2) is 11.3. The average molecular weight is 574 g/mol. The van der Waals surface area contributed by atoms with Crippen molar-refractivity contribution in [2.45, 2.75) is 12.2 Å². The first kappa shape index (κ1) is 27.7. The summed E-state index contributed by atoms with van der Waals surface area (Å²) in [5.74, 6) is 0.701. The zero-order chi connectivity index (χ0) is 29.1. The van der Waals surface area contributed by atoms with Gasteiger partial charge in [0.25, 0.3) is 0 Å². The normalized spacial score (nSPS) is 11.4. The van der Waals surface area contributed by atoms with Gasteiger partial charge >= 0.3 is 0 Å². The number of rotatable bonds is 9. The number of amides is 1. The van der Waals surface area contributed by atoms with Gasteiger partial charge in [0.05, 0.1) is 23.2 Å². The van der Waals surface area contributed by atoms with Crippen molar-refractivity contribution < 1.29 is 17.6 Å². The van der Waals surface area contributed by atoms with Gasteiger partial charge in [-0.1, -0.05) is 24.3 Å². The molecule has 0 spiro atoms. The lowest BCUT2D eigenvalue weighted by Crippen LogP contribution is -2.17. The Morgan fingerprint density at radius 2 is 1.78 bits per heavy atom. The van der Waals surface area contributed by atoms with E-state index >= 15 is 0 Å². The van der Waals surface area contributed by atoms with Gasteiger partial charge in [-0.2, -0.15) is 4.98 Å². The largest absolute Gasteiger partial charge is 0.329 e. The number of fused-ring (bicyclic) bond motifs is 1. The molecule has 0 bridgehead atoms. The number of hydrogen-bond acceptors (Lipinski definition) is 8. The molecule has 0 saturated heterocycles. The van der Waals surface area contributed by atoms with Crippen LogP contribution in [0.5, 0.6) is 0 Å². The second-order valence-electron chi connectivity index (χ2n) is 9.71. The first-order chi connectivity index (χ1) is 19.5. The van der Waals surface area contributed by atoms with Gasteiger partial charge in [-0.25, -0.2) is 22.8 Å². The van der Waals surface area contributed by atoms with Crippen LogP contribution in [-0.2, 0) is 33.9 Å². The quantitative estimate of drug-likeness (QED) is 0.259. The van der Waals surface area contributed by atoms with Gasteiger partial charge in [-0.15, -0.1) is 0 Å². The van der Waals surface area contributed by atoms with Gasteiger partial charge in [-0.3, -0.25) is 10.1 Å². The number of aryl methyl sites for hydroxylation is 1. The molecule has 210 valence electrons. The van der Waals surface area contributed by atoms with Crippen LogP contribution in [0.1, 0.15) is 11.1 Å². The maximum atomic E-state index is 13.5. The third-order valence-electron chi connectivity index (χ3n) is 6.38. The molecule has 5 aromatic rings. The zero-order valence-corrected chi connectivity index (χ0v) is 23.5. The molecule has 12 heteroatoms. The van der Waals surface area contributed by atoms with E-state index in [0.29, 0.717) is 34.4 Å². The number of benzene rings is 3. The van der Waals surface area contributed by atoms with E-state index in [4.69, 9.17) is 0 Å². The highest BCUT2D eigenvalue weighted by Gasteiger charge is 2.15. The van der Waals surface area contributed by atoms with Crippen molar-refractivity contribution in [1.29, 1.82) is 0 Å². The van der Waals surface area contributed by atoms with E-state index in [1.807, 2.05) is 37.2 Å². The maximum absolute atomic E-state index is 13.5. The third-order valence-corrected chi connectivity index (χ3v) is 7.24. The number of carbonyl (C=O) groups excluding carboxylic acids is 1. The summed E-state index contributed by atoms with van der Waals surface area (Å²) < 4.78 is 38.3. The van der Waals surface area contributed by atoms with Crippen LogP contribution in [0.4, 0.5) is 33.5 Å². The van der Waals surface area contributed by atoms with Crippen molar-refractivity contribution in [1.82, 2.24) is 19.5 Å². The molecule has 1 amide bonds. The van der Waals surface area contributed by atoms with Gasteiger partial charge < -0.3 is 14.8 Å². The molecule has 0 aliphatic rings. The molecule has 0 unspecified atom stereocenters. The predicted octanol–water partition coefficient (Wildman–Crippen LogP) is 4.74. The molecule has 41 heavy (non-hydrogen) atoms. The summed E-state index contributed by atoms with van der Waals surface area (Å²) in [6.45, 7) is 0. The third kappa shape index (κ3) is 6.84. The monoisotopic (exact) mass is 573 g/mol. The summed E-state index contributed by atoms with van der Waals surface area (Å²) in [7, 11) is 0.575. The molecule has 3 aromatic carbocycles. The number of halogens is 1. The van der Waals surface area contributed by atoms with Crippen molar-refractivity contribution >= 4 is 55.9 Å². The van der Waals surface area contributed by atoms with Crippen LogP contribution in [0, 0.1) is 5.82 Å². The first-order valence-corrected chi connectivity index (χ1v) is 14.7. The van der Waals surface area contributed by atoms with Gasteiger partial charge in [0.15, 0.2) is 9.84 Å². The van der Waals surface area contributed by atoms with Crippen LogP contribution in [0.15, 0.2) is 79.0 Å². The maximum Gasteiger partial charge on any atom is 0.231 e. The SMILES string of the molecule is CN(c1ccc2c(c1)nc(NC(=O)Cc1cccc(F)c1)n2C)c1ccnc(Nc2ccc(CS(C)(=O)=O)cc2)n1. The number of sulfone groups is 1. The van der Waals surface area contributed by atoms with Crippen LogP contribution in [0.3, 0.4) is 0 Å². The number of carbonyl (C=O) groups is 1. The summed E-state index contributed by atoms with van der Waals surface area (Å²) in [6, 6.07) is 20.5. The topological polar surface area (TPSA) is 122 Å². The number of anilines is 5. The highest BCUT2D eigenvalue weighted by atomic mass is 32.2. The Morgan fingerprint density at radius 3 is 2.51 bits per heavy atom. The van der Waals surface area contributed by atoms with Gasteiger partial charge in [-0.05, 0) is 59.7 Å². The van der Waals surface area contributed by atoms with Crippen LogP contribution < -0.4 is 15.5 Å².